The molecular formula is C22H25BrN2O2. The first-order valence-corrected chi connectivity index (χ1v) is 10.2. The van der Waals surface area contributed by atoms with Crippen molar-refractivity contribution in [1.29, 1.82) is 0 Å². The zero-order valence-corrected chi connectivity index (χ0v) is 17.5. The van der Waals surface area contributed by atoms with Crippen LogP contribution in [0.5, 0.6) is 0 Å². The van der Waals surface area contributed by atoms with Crippen molar-refractivity contribution in [3.63, 3.8) is 0 Å². The molecule has 1 heterocycles. The Morgan fingerprint density at radius 1 is 1.22 bits per heavy atom. The molecule has 5 heteroatoms. The number of halogens is 1. The first-order chi connectivity index (χ1) is 13.0. The number of hydrogen-bond acceptors (Lipinski definition) is 3. The molecule has 0 fully saturated rings. The number of benzene rings is 2. The fraction of sp³-hybridized carbons (Fsp3) is 0.364. The van der Waals surface area contributed by atoms with E-state index in [4.69, 9.17) is 4.84 Å². The van der Waals surface area contributed by atoms with Gasteiger partial charge in [0, 0.05) is 16.5 Å². The maximum atomic E-state index is 12.6. The number of oxime groups is 1. The van der Waals surface area contributed by atoms with Gasteiger partial charge in [0.2, 0.25) is 6.10 Å². The molecule has 3 atom stereocenters. The predicted molar refractivity (Wildman–Crippen MR) is 112 cm³/mol. The summed E-state index contributed by atoms with van der Waals surface area (Å²) < 4.78 is 0.977. The van der Waals surface area contributed by atoms with E-state index in [0.717, 1.165) is 27.7 Å². The minimum Gasteiger partial charge on any atom is -0.382 e. The monoisotopic (exact) mass is 428 g/mol. The number of carbonyl (C=O) groups excluding carboxylic acids is 1. The lowest BCUT2D eigenvalue weighted by Gasteiger charge is -2.17. The molecule has 0 radical (unpaired) electrons. The zero-order valence-electron chi connectivity index (χ0n) is 15.9. The summed E-state index contributed by atoms with van der Waals surface area (Å²) in [6.45, 7) is 6.40. The first-order valence-electron chi connectivity index (χ1n) is 9.36. The Balaban J connectivity index is 1.58. The van der Waals surface area contributed by atoms with E-state index in [9.17, 15) is 4.79 Å². The van der Waals surface area contributed by atoms with Crippen LogP contribution >= 0.6 is 15.9 Å². The molecule has 1 amide bonds. The van der Waals surface area contributed by atoms with Gasteiger partial charge in [-0.05, 0) is 42.5 Å². The van der Waals surface area contributed by atoms with Gasteiger partial charge >= 0.3 is 0 Å². The van der Waals surface area contributed by atoms with Crippen LogP contribution < -0.4 is 5.32 Å². The zero-order chi connectivity index (χ0) is 19.4. The minimum atomic E-state index is -0.583. The number of hydrogen-bond donors (Lipinski definition) is 1. The Labute approximate surface area is 169 Å². The van der Waals surface area contributed by atoms with Crippen LogP contribution in [0.25, 0.3) is 0 Å². The molecule has 0 spiro atoms. The second-order valence-corrected chi connectivity index (χ2v) is 7.97. The average molecular weight is 429 g/mol. The lowest BCUT2D eigenvalue weighted by Crippen LogP contribution is -2.36. The van der Waals surface area contributed by atoms with Crippen LogP contribution in [-0.4, -0.2) is 17.7 Å². The van der Waals surface area contributed by atoms with Gasteiger partial charge in [0.25, 0.3) is 5.91 Å². The van der Waals surface area contributed by atoms with E-state index in [1.807, 2.05) is 31.2 Å². The topological polar surface area (TPSA) is 50.7 Å². The molecule has 1 aliphatic rings. The van der Waals surface area contributed by atoms with Gasteiger partial charge < -0.3 is 10.2 Å². The van der Waals surface area contributed by atoms with Crippen molar-refractivity contribution in [3.8, 4) is 0 Å². The third-order valence-electron chi connectivity index (χ3n) is 5.10. The molecule has 0 saturated heterocycles. The first kappa shape index (κ1) is 19.6. The molecule has 0 bridgehead atoms. The van der Waals surface area contributed by atoms with E-state index in [-0.39, 0.29) is 11.9 Å². The van der Waals surface area contributed by atoms with Crippen molar-refractivity contribution in [2.45, 2.75) is 51.7 Å². The van der Waals surface area contributed by atoms with Gasteiger partial charge in [-0.1, -0.05) is 71.3 Å². The summed E-state index contributed by atoms with van der Waals surface area (Å²) in [4.78, 5) is 18.0. The third kappa shape index (κ3) is 4.78. The quantitative estimate of drug-likeness (QED) is 0.675. The molecule has 142 valence electrons. The van der Waals surface area contributed by atoms with Gasteiger partial charge in [-0.3, -0.25) is 4.79 Å². The highest BCUT2D eigenvalue weighted by atomic mass is 79.9. The molecule has 3 unspecified atom stereocenters. The molecule has 4 nitrogen and oxygen atoms in total. The Bertz CT molecular complexity index is 832. The van der Waals surface area contributed by atoms with Gasteiger partial charge in [0.05, 0.1) is 11.8 Å². The summed E-state index contributed by atoms with van der Waals surface area (Å²) >= 11 is 3.46. The number of rotatable bonds is 6. The predicted octanol–water partition coefficient (Wildman–Crippen LogP) is 5.33. The molecule has 0 saturated carbocycles. The van der Waals surface area contributed by atoms with Gasteiger partial charge in [0.15, 0.2) is 0 Å². The molecule has 3 rings (SSSR count). The SMILES string of the molecule is CCC(C)c1ccc(C(C)NC(=O)C2CC(c3cccc(Br)c3)=NO2)cc1. The summed E-state index contributed by atoms with van der Waals surface area (Å²) in [5, 5.41) is 7.14. The summed E-state index contributed by atoms with van der Waals surface area (Å²) in [7, 11) is 0. The van der Waals surface area contributed by atoms with Crippen LogP contribution in [0.4, 0.5) is 0 Å². The number of amides is 1. The van der Waals surface area contributed by atoms with E-state index in [2.05, 4.69) is 64.5 Å². The van der Waals surface area contributed by atoms with Crippen molar-refractivity contribution < 1.29 is 9.63 Å². The maximum Gasteiger partial charge on any atom is 0.264 e. The Kier molecular flexibility index (Phi) is 6.32. The van der Waals surface area contributed by atoms with E-state index in [0.29, 0.717) is 12.3 Å². The molecule has 2 aromatic carbocycles. The van der Waals surface area contributed by atoms with Crippen molar-refractivity contribution in [2.75, 3.05) is 0 Å². The van der Waals surface area contributed by atoms with Crippen molar-refractivity contribution in [2.24, 2.45) is 5.16 Å². The third-order valence-corrected chi connectivity index (χ3v) is 5.59. The smallest absolute Gasteiger partial charge is 0.264 e. The van der Waals surface area contributed by atoms with Crippen LogP contribution in [0, 0.1) is 0 Å². The van der Waals surface area contributed by atoms with E-state index < -0.39 is 6.10 Å². The molecule has 0 aliphatic carbocycles. The Morgan fingerprint density at radius 2 is 1.93 bits per heavy atom. The molecule has 2 aromatic rings. The molecule has 1 N–H and O–H groups in total. The van der Waals surface area contributed by atoms with Crippen molar-refractivity contribution in [1.82, 2.24) is 5.32 Å². The van der Waals surface area contributed by atoms with Gasteiger partial charge in [-0.15, -0.1) is 0 Å². The molecular weight excluding hydrogens is 404 g/mol. The summed E-state index contributed by atoms with van der Waals surface area (Å²) in [5.74, 6) is 0.409. The minimum absolute atomic E-state index is 0.0815. The van der Waals surface area contributed by atoms with E-state index in [1.54, 1.807) is 0 Å². The number of nitrogens with zero attached hydrogens (tertiary/aromatic N) is 1. The highest BCUT2D eigenvalue weighted by Crippen LogP contribution is 2.23. The van der Waals surface area contributed by atoms with Crippen LogP contribution in [0.3, 0.4) is 0 Å². The number of carbonyl (C=O) groups is 1. The van der Waals surface area contributed by atoms with Crippen molar-refractivity contribution >= 4 is 27.5 Å². The van der Waals surface area contributed by atoms with Crippen LogP contribution in [0.15, 0.2) is 58.2 Å². The second kappa shape index (κ2) is 8.70. The fourth-order valence-electron chi connectivity index (χ4n) is 3.10. The molecule has 27 heavy (non-hydrogen) atoms. The van der Waals surface area contributed by atoms with Gasteiger partial charge in [-0.25, -0.2) is 0 Å². The van der Waals surface area contributed by atoms with Crippen LogP contribution in [0.2, 0.25) is 0 Å². The Morgan fingerprint density at radius 3 is 2.59 bits per heavy atom. The summed E-state index contributed by atoms with van der Waals surface area (Å²) in [5.41, 5.74) is 4.17. The van der Waals surface area contributed by atoms with Gasteiger partial charge in [-0.2, -0.15) is 0 Å². The normalized spacial score (nSPS) is 18.4. The largest absolute Gasteiger partial charge is 0.382 e. The van der Waals surface area contributed by atoms with Crippen LogP contribution in [0.1, 0.15) is 62.3 Å². The standard InChI is InChI=1S/C22H25BrN2O2/c1-4-14(2)16-8-10-17(11-9-16)15(3)24-22(26)21-13-20(25-27-21)18-6-5-7-19(23)12-18/h5-12,14-15,21H,4,13H2,1-3H3,(H,24,26). The molecule has 0 aromatic heterocycles. The molecule has 1 aliphatic heterocycles. The van der Waals surface area contributed by atoms with Gasteiger partial charge in [0.1, 0.15) is 0 Å². The highest BCUT2D eigenvalue weighted by molar-refractivity contribution is 9.10. The lowest BCUT2D eigenvalue weighted by atomic mass is 9.96. The highest BCUT2D eigenvalue weighted by Gasteiger charge is 2.29. The summed E-state index contributed by atoms with van der Waals surface area (Å²) in [6.07, 6.45) is 1.01. The Hall–Kier alpha value is -2.14. The van der Waals surface area contributed by atoms with E-state index in [1.165, 1.54) is 5.56 Å². The van der Waals surface area contributed by atoms with E-state index >= 15 is 0 Å². The van der Waals surface area contributed by atoms with Crippen molar-refractivity contribution in [3.05, 3.63) is 69.7 Å². The average Bonchev–Trinajstić information content (AvgIpc) is 3.18. The number of nitrogens with one attached hydrogen (secondary N) is 1. The maximum absolute atomic E-state index is 12.6. The van der Waals surface area contributed by atoms with Crippen LogP contribution in [-0.2, 0) is 9.63 Å². The fourth-order valence-corrected chi connectivity index (χ4v) is 3.49. The summed E-state index contributed by atoms with van der Waals surface area (Å²) in [6, 6.07) is 16.2. The second-order valence-electron chi connectivity index (χ2n) is 7.05. The lowest BCUT2D eigenvalue weighted by molar-refractivity contribution is -0.131.